The van der Waals surface area contributed by atoms with E-state index in [1.807, 2.05) is 0 Å². The number of benzene rings is 2. The van der Waals surface area contributed by atoms with Crippen LogP contribution in [-0.2, 0) is 65.6 Å². The molecule has 24 nitrogen and oxygen atoms in total. The van der Waals surface area contributed by atoms with Crippen LogP contribution in [0.4, 0.5) is 0 Å². The second kappa shape index (κ2) is 28.8. The lowest BCUT2D eigenvalue weighted by molar-refractivity contribution is -0.141. The van der Waals surface area contributed by atoms with Gasteiger partial charge in [-0.3, -0.25) is 52.7 Å². The first-order valence-electron chi connectivity index (χ1n) is 22.6. The van der Waals surface area contributed by atoms with E-state index >= 15 is 0 Å². The minimum Gasteiger partial charge on any atom is -0.508 e. The van der Waals surface area contributed by atoms with Crippen LogP contribution in [0.5, 0.6) is 11.5 Å². The van der Waals surface area contributed by atoms with Crippen LogP contribution in [0, 0.1) is 11.8 Å². The molecule has 1 aliphatic heterocycles. The molecule has 9 atom stereocenters. The highest BCUT2D eigenvalue weighted by Crippen LogP contribution is 2.25. The predicted molar refractivity (Wildman–Crippen MR) is 261 cm³/mol. The third-order valence-corrected chi connectivity index (χ3v) is 13.4. The molecule has 13 N–H and O–H groups in total. The normalized spacial score (nSPS) is 22.5. The Morgan fingerprint density at radius 1 is 0.653 bits per heavy atom. The van der Waals surface area contributed by atoms with Crippen LogP contribution in [0.3, 0.4) is 0 Å². The lowest BCUT2D eigenvalue weighted by Crippen LogP contribution is -2.61. The number of rotatable bonds is 16. The molecule has 0 spiro atoms. The number of carboxylic acids is 2. The Hall–Kier alpha value is -6.93. The van der Waals surface area contributed by atoms with Crippen molar-refractivity contribution in [3.05, 3.63) is 59.7 Å². The maximum Gasteiger partial charge on any atom is 0.305 e. The Balaban J connectivity index is 2.05. The Morgan fingerprint density at radius 3 is 1.67 bits per heavy atom. The van der Waals surface area contributed by atoms with E-state index in [0.717, 1.165) is 35.4 Å². The van der Waals surface area contributed by atoms with Crippen molar-refractivity contribution in [2.75, 3.05) is 18.1 Å². The summed E-state index contributed by atoms with van der Waals surface area (Å²) in [4.78, 5) is 146. The minimum atomic E-state index is -1.76. The zero-order valence-electron chi connectivity index (χ0n) is 40.1. The summed E-state index contributed by atoms with van der Waals surface area (Å²) >= 11 is 0. The van der Waals surface area contributed by atoms with Crippen molar-refractivity contribution < 1.29 is 78.3 Å². The number of ketones is 1. The number of hydrogen-bond donors (Lipinski definition) is 13. The fraction of sp³-hybridized carbons (Fsp3) is 0.500. The molecule has 0 aliphatic carbocycles. The van der Waals surface area contributed by atoms with Crippen molar-refractivity contribution in [1.82, 2.24) is 42.5 Å². The highest BCUT2D eigenvalue weighted by molar-refractivity contribution is 8.76. The van der Waals surface area contributed by atoms with Crippen LogP contribution in [0.15, 0.2) is 48.5 Å². The summed E-state index contributed by atoms with van der Waals surface area (Å²) in [6.45, 7) is 6.29. The van der Waals surface area contributed by atoms with Gasteiger partial charge in [0.25, 0.3) is 0 Å². The summed E-state index contributed by atoms with van der Waals surface area (Å²) in [6, 6.07) is 0.177. The molecule has 72 heavy (non-hydrogen) atoms. The van der Waals surface area contributed by atoms with Crippen LogP contribution in [0.2, 0.25) is 0 Å². The zero-order chi connectivity index (χ0) is 53.8. The highest BCUT2D eigenvalue weighted by Gasteiger charge is 2.35. The van der Waals surface area contributed by atoms with Gasteiger partial charge in [-0.2, -0.15) is 0 Å². The maximum atomic E-state index is 14.2. The van der Waals surface area contributed by atoms with E-state index in [4.69, 9.17) is 0 Å². The third kappa shape index (κ3) is 20.4. The fourth-order valence-electron chi connectivity index (χ4n) is 6.82. The number of phenolic OH excluding ortho intramolecular Hbond substituents is 2. The number of amides is 8. The van der Waals surface area contributed by atoms with Crippen molar-refractivity contribution in [2.24, 2.45) is 11.8 Å². The van der Waals surface area contributed by atoms with Crippen LogP contribution >= 0.6 is 21.6 Å². The molecule has 0 bridgehead atoms. The molecule has 8 amide bonds. The van der Waals surface area contributed by atoms with Crippen molar-refractivity contribution in [1.29, 1.82) is 0 Å². The number of aliphatic hydroxyl groups excluding tert-OH is 1. The molecule has 2 aromatic rings. The number of aromatic hydroxyl groups is 2. The van der Waals surface area contributed by atoms with E-state index in [1.165, 1.54) is 55.5 Å². The summed E-state index contributed by atoms with van der Waals surface area (Å²) in [5.41, 5.74) is 0.805. The number of carbonyl (C=O) groups is 11. The first kappa shape index (κ1) is 59.4. The molecule has 0 radical (unpaired) electrons. The number of carbonyl (C=O) groups excluding carboxylic acids is 9. The Bertz CT molecular complexity index is 2280. The smallest absolute Gasteiger partial charge is 0.305 e. The Morgan fingerprint density at radius 2 is 1.17 bits per heavy atom. The average Bonchev–Trinajstić information content (AvgIpc) is 3.29. The first-order chi connectivity index (χ1) is 33.8. The van der Waals surface area contributed by atoms with Gasteiger partial charge in [0.15, 0.2) is 5.78 Å². The molecule has 1 unspecified atom stereocenters. The molecule has 2 aromatic carbocycles. The molecule has 3 rings (SSSR count). The number of Topliss-reactive ketones (excluding diaryl/α,β-unsaturated/α-hetero) is 1. The molecule has 1 fully saturated rings. The highest BCUT2D eigenvalue weighted by atomic mass is 33.1. The van der Waals surface area contributed by atoms with Gasteiger partial charge in [0.05, 0.1) is 31.5 Å². The molecule has 1 aliphatic rings. The molecule has 1 heterocycles. The summed E-state index contributed by atoms with van der Waals surface area (Å²) in [6.07, 6.45) is -3.83. The summed E-state index contributed by atoms with van der Waals surface area (Å²) in [5.74, 6) is -13.1. The Labute approximate surface area is 422 Å². The van der Waals surface area contributed by atoms with Gasteiger partial charge < -0.3 is 68.1 Å². The van der Waals surface area contributed by atoms with E-state index in [9.17, 15) is 78.3 Å². The topological polar surface area (TPSA) is 385 Å². The summed E-state index contributed by atoms with van der Waals surface area (Å²) in [5, 5.41) is 68.9. The fourth-order valence-corrected chi connectivity index (χ4v) is 9.34. The van der Waals surface area contributed by atoms with Crippen molar-refractivity contribution >= 4 is 86.6 Å². The van der Waals surface area contributed by atoms with Crippen LogP contribution in [0.1, 0.15) is 65.0 Å². The first-order valence-corrected chi connectivity index (χ1v) is 25.1. The summed E-state index contributed by atoms with van der Waals surface area (Å²) < 4.78 is 0. The molecule has 0 saturated carbocycles. The lowest BCUT2D eigenvalue weighted by Gasteiger charge is -2.27. The maximum absolute atomic E-state index is 14.2. The SMILES string of the molecule is CC(=O)[C@H](CC(=O)O)NC(=O)[C@H](CC(C)C)NC(=O)[C@@H]1CSSC[C@H](C)C(=O)N[C@@H](CC(=O)O)C(=O)N[C@@H](Cc2ccc(O)cc2)C(=O)N[C@@H](Cc2ccc(O)cc2)C(=O)NCC(=O)N[C@@H](C(C)O)C(=O)N1. The second-order valence-electron chi connectivity index (χ2n) is 17.5. The molecule has 1 saturated heterocycles. The van der Waals surface area contributed by atoms with Crippen molar-refractivity contribution in [3.8, 4) is 11.5 Å². The molecular formula is C46H62N8O16S2. The van der Waals surface area contributed by atoms with Gasteiger partial charge in [0, 0.05) is 30.3 Å². The van der Waals surface area contributed by atoms with Gasteiger partial charge in [-0.05, 0) is 61.6 Å². The summed E-state index contributed by atoms with van der Waals surface area (Å²) in [7, 11) is 1.98. The predicted octanol–water partition coefficient (Wildman–Crippen LogP) is -1.61. The monoisotopic (exact) mass is 1050 g/mol. The number of aliphatic hydroxyl groups is 1. The molecule has 26 heteroatoms. The van der Waals surface area contributed by atoms with E-state index in [-0.39, 0.29) is 48.2 Å². The van der Waals surface area contributed by atoms with E-state index in [2.05, 4.69) is 42.5 Å². The number of aliphatic carboxylic acids is 2. The molecule has 394 valence electrons. The standard InChI is InChI=1S/C46H62N8O16S2/c1-22(2)14-31(42(66)48-30(24(4)55)17-37(60)61)50-45(69)35-21-72-71-20-23(3)40(64)49-34(18-38(62)63)44(68)52-33(16-27-8-12-29(58)13-9-27)43(67)51-32(15-26-6-10-28(57)11-7-26)41(65)47-19-36(59)54-39(25(5)56)46(70)53-35/h6-13,22-23,25,30-35,39,56-58H,14-21H2,1-5H3,(H,47,65)(H,48,66)(H,49,64)(H,50,69)(H,51,67)(H,52,68)(H,53,70)(H,54,59)(H,60,61)(H,62,63)/t23-,25?,30-,31-,32-,33-,34-,35-,39-/m0/s1. The quantitative estimate of drug-likeness (QED) is 0.0841. The van der Waals surface area contributed by atoms with E-state index in [0.29, 0.717) is 11.1 Å². The number of hydrogen-bond acceptors (Lipinski definition) is 16. The molecule has 0 aromatic heterocycles. The zero-order valence-corrected chi connectivity index (χ0v) is 41.7. The van der Waals surface area contributed by atoms with Gasteiger partial charge >= 0.3 is 11.9 Å². The third-order valence-electron chi connectivity index (χ3n) is 10.8. The lowest BCUT2D eigenvalue weighted by atomic mass is 10.0. The second-order valence-corrected chi connectivity index (χ2v) is 20.1. The minimum absolute atomic E-state index is 0.0119. The Kier molecular flexibility index (Phi) is 23.8. The number of carboxylic acid groups (broad SMARTS) is 2. The van der Waals surface area contributed by atoms with Gasteiger partial charge in [0.1, 0.15) is 47.8 Å². The van der Waals surface area contributed by atoms with Crippen LogP contribution in [-0.4, -0.2) is 157 Å². The average molecular weight is 1050 g/mol. The largest absolute Gasteiger partial charge is 0.508 e. The van der Waals surface area contributed by atoms with Crippen molar-refractivity contribution in [3.63, 3.8) is 0 Å². The van der Waals surface area contributed by atoms with Gasteiger partial charge in [-0.1, -0.05) is 66.6 Å². The van der Waals surface area contributed by atoms with Crippen LogP contribution in [0.25, 0.3) is 0 Å². The molecular weight excluding hydrogens is 985 g/mol. The van der Waals surface area contributed by atoms with Crippen LogP contribution < -0.4 is 42.5 Å². The van der Waals surface area contributed by atoms with Gasteiger partial charge in [-0.25, -0.2) is 0 Å². The van der Waals surface area contributed by atoms with E-state index in [1.54, 1.807) is 13.8 Å². The van der Waals surface area contributed by atoms with E-state index < -0.39 is 139 Å². The van der Waals surface area contributed by atoms with Crippen molar-refractivity contribution in [2.45, 2.75) is 115 Å². The van der Waals surface area contributed by atoms with Gasteiger partial charge in [0.2, 0.25) is 47.3 Å². The number of phenols is 2. The van der Waals surface area contributed by atoms with Gasteiger partial charge in [-0.15, -0.1) is 0 Å². The number of nitrogens with one attached hydrogen (secondary N) is 8.